The molecular formula is C62H48N6. The first-order valence-electron chi connectivity index (χ1n) is 23.7. The molecule has 13 rings (SSSR count). The molecule has 4 aliphatic rings. The zero-order valence-corrected chi connectivity index (χ0v) is 37.5. The zero-order valence-electron chi connectivity index (χ0n) is 37.5. The van der Waals surface area contributed by atoms with E-state index in [0.717, 1.165) is 47.7 Å². The predicted molar refractivity (Wildman–Crippen MR) is 280 cm³/mol. The first kappa shape index (κ1) is 39.9. The fourth-order valence-corrected chi connectivity index (χ4v) is 10.8. The number of fused-ring (bicyclic) bond motifs is 8. The maximum Gasteiger partial charge on any atom is 0.131 e. The van der Waals surface area contributed by atoms with Crippen LogP contribution in [-0.4, -0.2) is 16.9 Å². The molecule has 68 heavy (non-hydrogen) atoms. The number of amidine groups is 1. The lowest BCUT2D eigenvalue weighted by atomic mass is 9.93. The molecule has 4 heterocycles. The van der Waals surface area contributed by atoms with Crippen molar-refractivity contribution < 1.29 is 0 Å². The van der Waals surface area contributed by atoms with Crippen molar-refractivity contribution in [2.75, 3.05) is 11.4 Å². The molecule has 0 radical (unpaired) electrons. The summed E-state index contributed by atoms with van der Waals surface area (Å²) in [4.78, 5) is 7.78. The van der Waals surface area contributed by atoms with Gasteiger partial charge in [0.15, 0.2) is 0 Å². The number of aliphatic imine (C=N–C) groups is 1. The van der Waals surface area contributed by atoms with Gasteiger partial charge in [-0.05, 0) is 82.8 Å². The molecule has 3 aliphatic heterocycles. The number of hydrogen-bond donors (Lipinski definition) is 3. The van der Waals surface area contributed by atoms with Gasteiger partial charge in [-0.2, -0.15) is 0 Å². The van der Waals surface area contributed by atoms with Crippen LogP contribution in [0.25, 0.3) is 56.3 Å². The number of hydrogen-bond acceptors (Lipinski definition) is 5. The smallest absolute Gasteiger partial charge is 0.131 e. The van der Waals surface area contributed by atoms with Gasteiger partial charge < -0.3 is 20.1 Å². The van der Waals surface area contributed by atoms with E-state index in [9.17, 15) is 0 Å². The Labute approximate surface area is 396 Å². The molecule has 0 saturated heterocycles. The summed E-state index contributed by atoms with van der Waals surface area (Å²) in [5.74, 6) is 0.884. The Morgan fingerprint density at radius 3 is 2.07 bits per heavy atom. The van der Waals surface area contributed by atoms with Gasteiger partial charge in [-0.1, -0.05) is 182 Å². The van der Waals surface area contributed by atoms with Gasteiger partial charge in [0.05, 0.1) is 22.6 Å². The summed E-state index contributed by atoms with van der Waals surface area (Å²) >= 11 is 0. The minimum Gasteiger partial charge on any atom is -0.381 e. The van der Waals surface area contributed by atoms with E-state index in [1.807, 2.05) is 0 Å². The summed E-state index contributed by atoms with van der Waals surface area (Å²) in [6.45, 7) is 0.799. The lowest BCUT2D eigenvalue weighted by molar-refractivity contribution is 0.409. The van der Waals surface area contributed by atoms with Gasteiger partial charge >= 0.3 is 0 Å². The number of nitrogens with one attached hydrogen (secondary N) is 3. The fourth-order valence-electron chi connectivity index (χ4n) is 10.8. The molecule has 3 N–H and O–H groups in total. The van der Waals surface area contributed by atoms with Crippen LogP contribution >= 0.6 is 0 Å². The molecule has 1 aromatic heterocycles. The summed E-state index contributed by atoms with van der Waals surface area (Å²) in [6, 6.07) is 74.6. The van der Waals surface area contributed by atoms with Crippen LogP contribution < -0.4 is 31.3 Å². The second kappa shape index (κ2) is 16.8. The van der Waals surface area contributed by atoms with E-state index < -0.39 is 0 Å². The third kappa shape index (κ3) is 6.88. The highest BCUT2D eigenvalue weighted by atomic mass is 15.3. The number of benzene rings is 8. The Morgan fingerprint density at radius 2 is 1.24 bits per heavy atom. The Balaban J connectivity index is 0.905. The van der Waals surface area contributed by atoms with E-state index >= 15 is 0 Å². The highest BCUT2D eigenvalue weighted by Crippen LogP contribution is 2.54. The third-order valence-electron chi connectivity index (χ3n) is 13.9. The van der Waals surface area contributed by atoms with Crippen molar-refractivity contribution in [3.8, 4) is 28.1 Å². The minimum absolute atomic E-state index is 0.0900. The Morgan fingerprint density at radius 1 is 0.544 bits per heavy atom. The average Bonchev–Trinajstić information content (AvgIpc) is 3.70. The van der Waals surface area contributed by atoms with Gasteiger partial charge in [-0.25, -0.2) is 4.99 Å². The van der Waals surface area contributed by atoms with Crippen molar-refractivity contribution in [3.05, 3.63) is 262 Å². The molecule has 0 bridgehead atoms. The summed E-state index contributed by atoms with van der Waals surface area (Å²) in [5.41, 5.74) is 19.1. The first-order valence-corrected chi connectivity index (χ1v) is 23.7. The zero-order chi connectivity index (χ0) is 45.0. The lowest BCUT2D eigenvalue weighted by Gasteiger charge is -2.32. The molecule has 8 aromatic carbocycles. The highest BCUT2D eigenvalue weighted by molar-refractivity contribution is 6.12. The van der Waals surface area contributed by atoms with Crippen molar-refractivity contribution in [2.45, 2.75) is 25.2 Å². The van der Waals surface area contributed by atoms with Crippen LogP contribution in [0.15, 0.2) is 229 Å². The molecule has 0 saturated carbocycles. The lowest BCUT2D eigenvalue weighted by Crippen LogP contribution is -2.44. The molecule has 6 nitrogen and oxygen atoms in total. The van der Waals surface area contributed by atoms with Gasteiger partial charge in [0, 0.05) is 62.0 Å². The van der Waals surface area contributed by atoms with Crippen LogP contribution in [-0.2, 0) is 0 Å². The number of para-hydroxylation sites is 3. The number of anilines is 2. The normalized spacial score (nSPS) is 17.1. The van der Waals surface area contributed by atoms with Crippen molar-refractivity contribution in [3.63, 3.8) is 0 Å². The van der Waals surface area contributed by atoms with Gasteiger partial charge in [0.2, 0.25) is 0 Å². The van der Waals surface area contributed by atoms with E-state index in [2.05, 4.69) is 250 Å². The standard InChI is InChI=1S/C62H48N6/c1-3-18-43(19-4-1)60-64-61(44-20-5-2-6-21-44)66-62(65-60)47-24-15-22-45(39-47)41-33-35-48(36-34-41)67-54-30-12-9-27-51(54)57-52-28-10-13-31-55(52)68(59(57)53-29-11-14-32-56(53)67)49-25-16-23-46(40-49)58-50-26-8-7-17-42(50)37-38-63-58/h1-33,35,37,39-40,60-61,63-64H,34,36,38H2,(H,65,66). The van der Waals surface area contributed by atoms with Gasteiger partial charge in [-0.15, -0.1) is 0 Å². The molecule has 1 aliphatic carbocycles. The topological polar surface area (TPSA) is 56.6 Å². The van der Waals surface area contributed by atoms with Gasteiger partial charge in [-0.3, -0.25) is 5.32 Å². The van der Waals surface area contributed by atoms with E-state index in [4.69, 9.17) is 4.99 Å². The van der Waals surface area contributed by atoms with Crippen molar-refractivity contribution >= 4 is 45.5 Å². The first-order chi connectivity index (χ1) is 33.7. The molecule has 6 heteroatoms. The van der Waals surface area contributed by atoms with Crippen molar-refractivity contribution in [2.24, 2.45) is 4.99 Å². The minimum atomic E-state index is -0.184. The van der Waals surface area contributed by atoms with Crippen molar-refractivity contribution in [1.29, 1.82) is 0 Å². The quantitative estimate of drug-likeness (QED) is 0.149. The molecular weight excluding hydrogens is 829 g/mol. The molecule has 2 unspecified atom stereocenters. The Bertz CT molecular complexity index is 3660. The number of allylic oxidation sites excluding steroid dienone is 4. The maximum atomic E-state index is 5.25. The van der Waals surface area contributed by atoms with E-state index in [1.54, 1.807) is 0 Å². The summed E-state index contributed by atoms with van der Waals surface area (Å²) < 4.78 is 2.50. The van der Waals surface area contributed by atoms with E-state index in [1.165, 1.54) is 83.1 Å². The average molecular weight is 877 g/mol. The van der Waals surface area contributed by atoms with Crippen LogP contribution in [0.3, 0.4) is 0 Å². The summed E-state index contributed by atoms with van der Waals surface area (Å²) in [6.07, 6.45) is 8.47. The Kier molecular flexibility index (Phi) is 9.83. The highest BCUT2D eigenvalue weighted by Gasteiger charge is 2.33. The molecule has 326 valence electrons. The second-order valence-corrected chi connectivity index (χ2v) is 17.9. The van der Waals surface area contributed by atoms with Gasteiger partial charge in [0.25, 0.3) is 0 Å². The number of nitrogens with zero attached hydrogens (tertiary/aromatic N) is 3. The summed E-state index contributed by atoms with van der Waals surface area (Å²) in [5, 5.41) is 14.9. The third-order valence-corrected chi connectivity index (χ3v) is 13.9. The van der Waals surface area contributed by atoms with E-state index in [-0.39, 0.29) is 12.3 Å². The monoisotopic (exact) mass is 876 g/mol. The molecule has 9 aromatic rings. The molecule has 0 amide bonds. The number of aromatic nitrogens is 1. The second-order valence-electron chi connectivity index (χ2n) is 17.9. The van der Waals surface area contributed by atoms with Crippen LogP contribution in [0.2, 0.25) is 0 Å². The fraction of sp³-hybridized carbons (Fsp3) is 0.0806. The molecule has 2 atom stereocenters. The van der Waals surface area contributed by atoms with E-state index in [0.29, 0.717) is 0 Å². The SMILES string of the molecule is C1=C(c2cccc(C3=NC(c4ccccc4)NC(c4ccccc4)N3)c2)CCC(N2c3ccccc3-c3c(n(-c4cccc(C5=c6ccccc6=CCN5)c4)c4ccccc34)-c3ccccc32)=C1. The van der Waals surface area contributed by atoms with Crippen LogP contribution in [0.4, 0.5) is 11.4 Å². The maximum absolute atomic E-state index is 5.25. The summed E-state index contributed by atoms with van der Waals surface area (Å²) in [7, 11) is 0. The van der Waals surface area contributed by atoms with Crippen molar-refractivity contribution in [1.82, 2.24) is 20.5 Å². The van der Waals surface area contributed by atoms with Crippen LogP contribution in [0.5, 0.6) is 0 Å². The molecule has 0 spiro atoms. The predicted octanol–water partition coefficient (Wildman–Crippen LogP) is 12.1. The van der Waals surface area contributed by atoms with Crippen LogP contribution in [0.1, 0.15) is 53.0 Å². The molecule has 0 fully saturated rings. The largest absolute Gasteiger partial charge is 0.381 e. The number of rotatable bonds is 7. The van der Waals surface area contributed by atoms with Gasteiger partial charge in [0.1, 0.15) is 18.2 Å². The van der Waals surface area contributed by atoms with Crippen LogP contribution in [0, 0.1) is 0 Å². The Hall–Kier alpha value is -8.45.